The minimum Gasteiger partial charge on any atom is -0.377 e. The van der Waals surface area contributed by atoms with Crippen LogP contribution in [0.25, 0.3) is 0 Å². The van der Waals surface area contributed by atoms with E-state index in [4.69, 9.17) is 0 Å². The highest BCUT2D eigenvalue weighted by Crippen LogP contribution is 2.24. The average Bonchev–Trinajstić information content (AvgIpc) is 2.62. The van der Waals surface area contributed by atoms with E-state index in [2.05, 4.69) is 10.6 Å². The van der Waals surface area contributed by atoms with Gasteiger partial charge in [-0.2, -0.15) is 0 Å². The molecule has 1 atom stereocenters. The first-order valence-corrected chi connectivity index (χ1v) is 7.75. The van der Waals surface area contributed by atoms with Crippen LogP contribution in [0.4, 0.5) is 0 Å². The van der Waals surface area contributed by atoms with Gasteiger partial charge in [-0.3, -0.25) is 9.59 Å². The number of benzene rings is 2. The molecule has 4 nitrogen and oxygen atoms in total. The van der Waals surface area contributed by atoms with E-state index in [-0.39, 0.29) is 17.6 Å². The summed E-state index contributed by atoms with van der Waals surface area (Å²) in [6.45, 7) is 1.49. The van der Waals surface area contributed by atoms with Gasteiger partial charge in [-0.15, -0.1) is 0 Å². The van der Waals surface area contributed by atoms with Crippen LogP contribution in [0, 0.1) is 0 Å². The molecule has 0 saturated heterocycles. The number of hydrogen-bond donors (Lipinski definition) is 2. The molecular weight excluding hydrogens is 300 g/mol. The van der Waals surface area contributed by atoms with E-state index in [1.165, 1.54) is 13.0 Å². The first-order valence-electron chi connectivity index (χ1n) is 7.75. The van der Waals surface area contributed by atoms with Crippen LogP contribution in [0.15, 0.2) is 84.3 Å². The van der Waals surface area contributed by atoms with Crippen molar-refractivity contribution in [2.24, 2.45) is 0 Å². The van der Waals surface area contributed by atoms with Crippen molar-refractivity contribution in [2.45, 2.75) is 13.0 Å². The maximum absolute atomic E-state index is 12.6. The summed E-state index contributed by atoms with van der Waals surface area (Å²) in [4.78, 5) is 24.2. The topological polar surface area (TPSA) is 58.2 Å². The van der Waals surface area contributed by atoms with Crippen LogP contribution in [0.5, 0.6) is 0 Å². The van der Waals surface area contributed by atoms with Crippen molar-refractivity contribution in [3.05, 3.63) is 95.5 Å². The highest BCUT2D eigenvalue weighted by atomic mass is 16.1. The Labute approximate surface area is 140 Å². The Balaban J connectivity index is 1.92. The first-order chi connectivity index (χ1) is 11.6. The molecule has 4 heteroatoms. The Morgan fingerprint density at radius 2 is 1.58 bits per heavy atom. The summed E-state index contributed by atoms with van der Waals surface area (Å²) in [5, 5.41) is 6.35. The summed E-state index contributed by atoms with van der Waals surface area (Å²) in [6, 6.07) is 18.6. The number of carbonyl (C=O) groups is 2. The van der Waals surface area contributed by atoms with Crippen LogP contribution in [0.1, 0.15) is 28.9 Å². The molecule has 0 fully saturated rings. The molecule has 120 valence electrons. The number of nitrogens with one attached hydrogen (secondary N) is 2. The summed E-state index contributed by atoms with van der Waals surface area (Å²) >= 11 is 0. The second kappa shape index (κ2) is 6.96. The summed E-state index contributed by atoms with van der Waals surface area (Å²) < 4.78 is 0. The number of allylic oxidation sites excluding steroid dienone is 2. The Hall–Kier alpha value is -3.14. The van der Waals surface area contributed by atoms with Gasteiger partial charge >= 0.3 is 0 Å². The molecule has 0 aliphatic carbocycles. The average molecular weight is 318 g/mol. The zero-order valence-corrected chi connectivity index (χ0v) is 13.3. The van der Waals surface area contributed by atoms with Crippen molar-refractivity contribution in [3.8, 4) is 0 Å². The lowest BCUT2D eigenvalue weighted by atomic mass is 9.99. The van der Waals surface area contributed by atoms with Crippen molar-refractivity contribution < 1.29 is 9.59 Å². The van der Waals surface area contributed by atoms with Crippen molar-refractivity contribution in [3.63, 3.8) is 0 Å². The van der Waals surface area contributed by atoms with Gasteiger partial charge in [0.25, 0.3) is 0 Å². The zero-order chi connectivity index (χ0) is 16.9. The number of Topliss-reactive ketones (excluding diaryl/α,β-unsaturated/α-hetero) is 1. The second-order valence-corrected chi connectivity index (χ2v) is 5.60. The number of ketones is 2. The Morgan fingerprint density at radius 1 is 0.958 bits per heavy atom. The molecule has 0 aromatic heterocycles. The fraction of sp³-hybridized carbons (Fsp3) is 0.100. The smallest absolute Gasteiger partial charge is 0.210 e. The molecule has 0 spiro atoms. The zero-order valence-electron chi connectivity index (χ0n) is 13.3. The third-order valence-corrected chi connectivity index (χ3v) is 3.76. The Morgan fingerprint density at radius 3 is 2.21 bits per heavy atom. The SMILES string of the molecule is CC(=O)/C=C1\NC(C(=O)c2ccccc2)=CN[C@@H]1c1ccccc1. The monoisotopic (exact) mass is 318 g/mol. The molecule has 1 heterocycles. The maximum atomic E-state index is 12.6. The summed E-state index contributed by atoms with van der Waals surface area (Å²) in [6.07, 6.45) is 3.19. The predicted octanol–water partition coefficient (Wildman–Crippen LogP) is 3.12. The van der Waals surface area contributed by atoms with Crippen LogP contribution in [-0.4, -0.2) is 11.6 Å². The molecule has 3 rings (SSSR count). The predicted molar refractivity (Wildman–Crippen MR) is 93.1 cm³/mol. The van der Waals surface area contributed by atoms with Gasteiger partial charge in [0, 0.05) is 23.5 Å². The highest BCUT2D eigenvalue weighted by molar-refractivity contribution is 6.08. The fourth-order valence-electron chi connectivity index (χ4n) is 2.65. The number of rotatable bonds is 4. The van der Waals surface area contributed by atoms with Gasteiger partial charge in [-0.05, 0) is 12.5 Å². The van der Waals surface area contributed by atoms with Gasteiger partial charge in [0.2, 0.25) is 5.78 Å². The second-order valence-electron chi connectivity index (χ2n) is 5.60. The van der Waals surface area contributed by atoms with Crippen molar-refractivity contribution >= 4 is 11.6 Å². The Kier molecular flexibility index (Phi) is 4.57. The standard InChI is InChI=1S/C20H18N2O2/c1-14(23)12-17-19(15-8-4-2-5-9-15)21-13-18(22-17)20(24)16-10-6-3-7-11-16/h2-13,19,21-22H,1H3/b17-12-/t19-/m1/s1. The number of hydrogen-bond acceptors (Lipinski definition) is 4. The van der Waals surface area contributed by atoms with E-state index in [9.17, 15) is 9.59 Å². The highest BCUT2D eigenvalue weighted by Gasteiger charge is 2.24. The van der Waals surface area contributed by atoms with Gasteiger partial charge in [0.05, 0.1) is 6.04 Å². The van der Waals surface area contributed by atoms with Gasteiger partial charge in [0.1, 0.15) is 5.70 Å². The summed E-state index contributed by atoms with van der Waals surface area (Å²) in [5.41, 5.74) is 2.69. The molecule has 1 aliphatic heterocycles. The normalized spacial score (nSPS) is 18.3. The third kappa shape index (κ3) is 3.43. The minimum atomic E-state index is -0.192. The third-order valence-electron chi connectivity index (χ3n) is 3.76. The van der Waals surface area contributed by atoms with Crippen LogP contribution < -0.4 is 10.6 Å². The molecule has 0 bridgehead atoms. The van der Waals surface area contributed by atoms with Crippen LogP contribution >= 0.6 is 0 Å². The summed E-state index contributed by atoms with van der Waals surface area (Å²) in [7, 11) is 0. The summed E-state index contributed by atoms with van der Waals surface area (Å²) in [5.74, 6) is -0.197. The van der Waals surface area contributed by atoms with Gasteiger partial charge in [-0.25, -0.2) is 0 Å². The molecule has 0 radical (unpaired) electrons. The Bertz CT molecular complexity index is 808. The van der Waals surface area contributed by atoms with Crippen molar-refractivity contribution in [2.75, 3.05) is 0 Å². The van der Waals surface area contributed by atoms with E-state index >= 15 is 0 Å². The van der Waals surface area contributed by atoms with E-state index < -0.39 is 0 Å². The molecule has 24 heavy (non-hydrogen) atoms. The first kappa shape index (κ1) is 15.7. The lowest BCUT2D eigenvalue weighted by molar-refractivity contribution is -0.112. The molecule has 2 N–H and O–H groups in total. The van der Waals surface area contributed by atoms with Gasteiger partial charge < -0.3 is 10.6 Å². The van der Waals surface area contributed by atoms with E-state index in [1.807, 2.05) is 48.5 Å². The van der Waals surface area contributed by atoms with E-state index in [0.717, 1.165) is 5.56 Å². The minimum absolute atomic E-state index is 0.0753. The number of carbonyl (C=O) groups excluding carboxylic acids is 2. The van der Waals surface area contributed by atoms with Crippen LogP contribution in [0.3, 0.4) is 0 Å². The molecule has 2 aromatic rings. The quantitative estimate of drug-likeness (QED) is 0.672. The lowest BCUT2D eigenvalue weighted by Gasteiger charge is -2.28. The molecule has 0 amide bonds. The van der Waals surface area contributed by atoms with Gasteiger partial charge in [-0.1, -0.05) is 60.7 Å². The molecular formula is C20H18N2O2. The van der Waals surface area contributed by atoms with E-state index in [1.54, 1.807) is 18.3 Å². The largest absolute Gasteiger partial charge is 0.377 e. The van der Waals surface area contributed by atoms with Crippen LogP contribution in [-0.2, 0) is 4.79 Å². The molecule has 1 aliphatic rings. The fourth-order valence-corrected chi connectivity index (χ4v) is 2.65. The lowest BCUT2D eigenvalue weighted by Crippen LogP contribution is -2.36. The van der Waals surface area contributed by atoms with Crippen molar-refractivity contribution in [1.82, 2.24) is 10.6 Å². The molecule has 0 unspecified atom stereocenters. The van der Waals surface area contributed by atoms with Gasteiger partial charge in [0.15, 0.2) is 5.78 Å². The van der Waals surface area contributed by atoms with E-state index in [0.29, 0.717) is 17.0 Å². The molecule has 2 aromatic carbocycles. The van der Waals surface area contributed by atoms with Crippen LogP contribution in [0.2, 0.25) is 0 Å². The maximum Gasteiger partial charge on any atom is 0.210 e. The molecule has 0 saturated carbocycles. The van der Waals surface area contributed by atoms with Crippen molar-refractivity contribution in [1.29, 1.82) is 0 Å².